The molecule has 5 heterocycles. The lowest BCUT2D eigenvalue weighted by atomic mass is 10.1. The second kappa shape index (κ2) is 9.64. The molecule has 2 fully saturated rings. The number of sulfonamides is 1. The van der Waals surface area contributed by atoms with E-state index in [1.807, 2.05) is 24.4 Å². The van der Waals surface area contributed by atoms with Gasteiger partial charge in [-0.3, -0.25) is 9.88 Å². The summed E-state index contributed by atoms with van der Waals surface area (Å²) in [5.74, 6) is 1.61. The monoisotopic (exact) mass is 524 g/mol. The van der Waals surface area contributed by atoms with Crippen LogP contribution in [0.25, 0.3) is 32.5 Å². The first-order chi connectivity index (χ1) is 17.4. The minimum Gasteiger partial charge on any atom is -0.373 e. The molecule has 0 radical (unpaired) electrons. The molecule has 3 aromatic heterocycles. The number of fused-ring (bicyclic) bond motifs is 2. The topological polar surface area (TPSA) is 91.8 Å². The molecule has 1 atom stereocenters. The molecule has 4 aromatic rings. The largest absolute Gasteiger partial charge is 0.373 e. The van der Waals surface area contributed by atoms with E-state index in [0.29, 0.717) is 38.6 Å². The molecule has 0 spiro atoms. The number of rotatable bonds is 5. The lowest BCUT2D eigenvalue weighted by molar-refractivity contribution is 0.00979. The zero-order valence-corrected chi connectivity index (χ0v) is 21.7. The van der Waals surface area contributed by atoms with Crippen LogP contribution in [0.3, 0.4) is 0 Å². The summed E-state index contributed by atoms with van der Waals surface area (Å²) in [5, 5.41) is 4.18. The van der Waals surface area contributed by atoms with E-state index >= 15 is 0 Å². The van der Waals surface area contributed by atoms with Crippen molar-refractivity contribution in [2.45, 2.75) is 6.10 Å². The van der Waals surface area contributed by atoms with Gasteiger partial charge in [-0.1, -0.05) is 18.2 Å². The van der Waals surface area contributed by atoms with Crippen molar-refractivity contribution in [1.82, 2.24) is 24.2 Å². The van der Waals surface area contributed by atoms with Crippen LogP contribution >= 0.6 is 11.3 Å². The average Bonchev–Trinajstić information content (AvgIpc) is 3.37. The maximum atomic E-state index is 11.8. The summed E-state index contributed by atoms with van der Waals surface area (Å²) in [7, 11) is -3.13. The number of morpholine rings is 1. The quantitative estimate of drug-likeness (QED) is 0.394. The zero-order valence-electron chi connectivity index (χ0n) is 20.1. The lowest BCUT2D eigenvalue weighted by Gasteiger charge is -2.39. The van der Waals surface area contributed by atoms with Gasteiger partial charge in [0.25, 0.3) is 0 Å². The maximum absolute atomic E-state index is 11.8. The molecule has 0 N–H and O–H groups in total. The third kappa shape index (κ3) is 4.81. The average molecular weight is 525 g/mol. The molecule has 0 amide bonds. The van der Waals surface area contributed by atoms with Gasteiger partial charge in [-0.25, -0.2) is 18.4 Å². The van der Waals surface area contributed by atoms with Crippen LogP contribution in [0.5, 0.6) is 0 Å². The van der Waals surface area contributed by atoms with E-state index in [0.717, 1.165) is 52.1 Å². The Morgan fingerprint density at radius 3 is 2.75 bits per heavy atom. The summed E-state index contributed by atoms with van der Waals surface area (Å²) in [6.07, 6.45) is 3.15. The Morgan fingerprint density at radius 2 is 1.92 bits per heavy atom. The van der Waals surface area contributed by atoms with Gasteiger partial charge < -0.3 is 9.64 Å². The van der Waals surface area contributed by atoms with Crippen LogP contribution in [0, 0.1) is 0 Å². The smallest absolute Gasteiger partial charge is 0.211 e. The van der Waals surface area contributed by atoms with Crippen LogP contribution in [-0.4, -0.2) is 97.4 Å². The first-order valence-electron chi connectivity index (χ1n) is 12.1. The molecule has 2 aliphatic heterocycles. The summed E-state index contributed by atoms with van der Waals surface area (Å²) in [6.45, 7) is 5.37. The molecule has 1 unspecified atom stereocenters. The fourth-order valence-corrected chi connectivity index (χ4v) is 6.54. The van der Waals surface area contributed by atoms with Gasteiger partial charge in [0, 0.05) is 63.0 Å². The Bertz CT molecular complexity index is 1500. The number of nitrogens with zero attached hydrogens (tertiary/aromatic N) is 6. The Balaban J connectivity index is 1.23. The number of aromatic nitrogens is 3. The molecule has 0 saturated carbocycles. The number of benzene rings is 1. The summed E-state index contributed by atoms with van der Waals surface area (Å²) < 4.78 is 31.3. The highest BCUT2D eigenvalue weighted by Crippen LogP contribution is 2.32. The predicted molar refractivity (Wildman–Crippen MR) is 143 cm³/mol. The van der Waals surface area contributed by atoms with Crippen molar-refractivity contribution in [3.05, 3.63) is 48.0 Å². The van der Waals surface area contributed by atoms with Crippen molar-refractivity contribution in [2.24, 2.45) is 0 Å². The van der Waals surface area contributed by atoms with Crippen molar-refractivity contribution < 1.29 is 13.2 Å². The number of piperazine rings is 1. The molecule has 36 heavy (non-hydrogen) atoms. The van der Waals surface area contributed by atoms with Crippen molar-refractivity contribution in [2.75, 3.05) is 63.6 Å². The normalized spacial score (nSPS) is 20.4. The molecule has 0 aliphatic carbocycles. The van der Waals surface area contributed by atoms with Crippen molar-refractivity contribution in [3.63, 3.8) is 0 Å². The van der Waals surface area contributed by atoms with E-state index in [1.165, 1.54) is 6.26 Å². The number of thiophene rings is 1. The Hall–Kier alpha value is -2.70. The number of pyridine rings is 1. The van der Waals surface area contributed by atoms with E-state index in [-0.39, 0.29) is 6.10 Å². The molecular formula is C25H28N6O3S2. The number of anilines is 1. The van der Waals surface area contributed by atoms with Crippen LogP contribution in [0.2, 0.25) is 0 Å². The van der Waals surface area contributed by atoms with Gasteiger partial charge in [0.2, 0.25) is 10.0 Å². The first-order valence-corrected chi connectivity index (χ1v) is 14.8. The molecule has 1 aromatic carbocycles. The third-order valence-electron chi connectivity index (χ3n) is 6.85. The minimum atomic E-state index is -3.13. The van der Waals surface area contributed by atoms with Crippen molar-refractivity contribution in [3.8, 4) is 11.4 Å². The van der Waals surface area contributed by atoms with E-state index in [1.54, 1.807) is 15.6 Å². The van der Waals surface area contributed by atoms with Gasteiger partial charge in [0.15, 0.2) is 5.82 Å². The van der Waals surface area contributed by atoms with Gasteiger partial charge >= 0.3 is 0 Å². The minimum absolute atomic E-state index is 0.0259. The molecule has 6 rings (SSSR count). The summed E-state index contributed by atoms with van der Waals surface area (Å²) in [5.41, 5.74) is 1.85. The van der Waals surface area contributed by atoms with Gasteiger partial charge in [0.05, 0.1) is 29.9 Å². The fraction of sp³-hybridized carbons (Fsp3) is 0.400. The van der Waals surface area contributed by atoms with Crippen LogP contribution in [0.4, 0.5) is 5.82 Å². The van der Waals surface area contributed by atoms with E-state index in [2.05, 4.69) is 38.4 Å². The number of ether oxygens (including phenoxy) is 1. The fourth-order valence-electron chi connectivity index (χ4n) is 4.96. The Morgan fingerprint density at radius 1 is 1.08 bits per heavy atom. The molecule has 11 heteroatoms. The van der Waals surface area contributed by atoms with Gasteiger partial charge in [-0.2, -0.15) is 4.31 Å². The Labute approximate surface area is 214 Å². The van der Waals surface area contributed by atoms with Crippen LogP contribution in [0.15, 0.2) is 48.0 Å². The highest BCUT2D eigenvalue weighted by atomic mass is 32.2. The van der Waals surface area contributed by atoms with E-state index in [4.69, 9.17) is 14.7 Å². The summed E-state index contributed by atoms with van der Waals surface area (Å²) in [6, 6.07) is 12.2. The maximum Gasteiger partial charge on any atom is 0.211 e. The van der Waals surface area contributed by atoms with Crippen molar-refractivity contribution in [1.29, 1.82) is 0 Å². The van der Waals surface area contributed by atoms with Crippen LogP contribution in [-0.2, 0) is 14.8 Å². The lowest BCUT2D eigenvalue weighted by Crippen LogP contribution is -2.53. The SMILES string of the molecule is CS(=O)(=O)N1CCN(CC2CN(c3nc(-c4cnc5ccccc5c4)nc4sccc34)CCO2)CC1. The van der Waals surface area contributed by atoms with Crippen molar-refractivity contribution >= 4 is 48.3 Å². The van der Waals surface area contributed by atoms with Gasteiger partial charge in [-0.15, -0.1) is 11.3 Å². The highest BCUT2D eigenvalue weighted by molar-refractivity contribution is 7.88. The summed E-state index contributed by atoms with van der Waals surface area (Å²) in [4.78, 5) is 20.1. The molecule has 188 valence electrons. The third-order valence-corrected chi connectivity index (χ3v) is 8.96. The molecule has 0 bridgehead atoms. The van der Waals surface area contributed by atoms with Gasteiger partial charge in [0.1, 0.15) is 10.6 Å². The second-order valence-electron chi connectivity index (χ2n) is 9.33. The summed E-state index contributed by atoms with van der Waals surface area (Å²) >= 11 is 1.62. The predicted octanol–water partition coefficient (Wildman–Crippen LogP) is 2.69. The van der Waals surface area contributed by atoms with Gasteiger partial charge in [-0.05, 0) is 23.6 Å². The van der Waals surface area contributed by atoms with E-state index in [9.17, 15) is 8.42 Å². The molecule has 2 aliphatic rings. The number of hydrogen-bond acceptors (Lipinski definition) is 9. The van der Waals surface area contributed by atoms with Crippen LogP contribution in [0.1, 0.15) is 0 Å². The highest BCUT2D eigenvalue weighted by Gasteiger charge is 2.29. The molecule has 2 saturated heterocycles. The first kappa shape index (κ1) is 23.7. The number of hydrogen-bond donors (Lipinski definition) is 0. The number of para-hydroxylation sites is 1. The molecular weight excluding hydrogens is 496 g/mol. The Kier molecular flexibility index (Phi) is 6.34. The molecule has 9 nitrogen and oxygen atoms in total. The zero-order chi connectivity index (χ0) is 24.7. The second-order valence-corrected chi connectivity index (χ2v) is 12.2. The van der Waals surface area contributed by atoms with E-state index < -0.39 is 10.0 Å². The van der Waals surface area contributed by atoms with Crippen LogP contribution < -0.4 is 4.90 Å². The standard InChI is InChI=1S/C25H28N6O3S2/c1-36(32,33)31-9-7-29(8-10-31)16-20-17-30(11-12-34-20)24-21-6-13-35-25(21)28-23(27-24)19-14-18-4-2-3-5-22(18)26-15-19/h2-6,13-15,20H,7-12,16-17H2,1H3.